The predicted molar refractivity (Wildman–Crippen MR) is 79.4 cm³/mol. The van der Waals surface area contributed by atoms with Crippen molar-refractivity contribution >= 4 is 11.7 Å². The standard InChI is InChI=1S/C15H25N3O/c1-6-9-16-13-12(8-7-10-17-13)14(19)18(5)11-15(2,3)4/h7-8,10H,6,9,11H2,1-5H3,(H,16,17). The molecule has 19 heavy (non-hydrogen) atoms. The monoisotopic (exact) mass is 263 g/mol. The predicted octanol–water partition coefficient (Wildman–Crippen LogP) is 3.02. The molecule has 1 aromatic heterocycles. The van der Waals surface area contributed by atoms with Crippen LogP contribution >= 0.6 is 0 Å². The number of carbonyl (C=O) groups excluding carboxylic acids is 1. The maximum Gasteiger partial charge on any atom is 0.257 e. The molecule has 1 rings (SSSR count). The lowest BCUT2D eigenvalue weighted by atomic mass is 9.96. The number of pyridine rings is 1. The minimum Gasteiger partial charge on any atom is -0.369 e. The van der Waals surface area contributed by atoms with Gasteiger partial charge in [-0.05, 0) is 24.0 Å². The first kappa shape index (κ1) is 15.5. The van der Waals surface area contributed by atoms with Crippen molar-refractivity contribution in [2.45, 2.75) is 34.1 Å². The average Bonchev–Trinajstić information content (AvgIpc) is 2.33. The molecule has 0 aromatic carbocycles. The minimum atomic E-state index is 0.0154. The van der Waals surface area contributed by atoms with Crippen molar-refractivity contribution in [1.82, 2.24) is 9.88 Å². The number of anilines is 1. The second-order valence-electron chi connectivity index (χ2n) is 6.05. The van der Waals surface area contributed by atoms with Gasteiger partial charge < -0.3 is 10.2 Å². The molecule has 0 unspecified atom stereocenters. The highest BCUT2D eigenvalue weighted by molar-refractivity contribution is 5.98. The van der Waals surface area contributed by atoms with Gasteiger partial charge in [-0.15, -0.1) is 0 Å². The summed E-state index contributed by atoms with van der Waals surface area (Å²) < 4.78 is 0. The minimum absolute atomic E-state index is 0.0154. The Bertz CT molecular complexity index is 424. The summed E-state index contributed by atoms with van der Waals surface area (Å²) in [4.78, 5) is 18.5. The van der Waals surface area contributed by atoms with Crippen molar-refractivity contribution in [2.75, 3.05) is 25.5 Å². The van der Waals surface area contributed by atoms with Crippen molar-refractivity contribution in [1.29, 1.82) is 0 Å². The second kappa shape index (κ2) is 6.55. The highest BCUT2D eigenvalue weighted by Crippen LogP contribution is 2.18. The lowest BCUT2D eigenvalue weighted by molar-refractivity contribution is 0.0746. The van der Waals surface area contributed by atoms with E-state index in [2.05, 4.69) is 38.0 Å². The van der Waals surface area contributed by atoms with Gasteiger partial charge in [-0.1, -0.05) is 27.7 Å². The van der Waals surface area contributed by atoms with Crippen molar-refractivity contribution in [3.63, 3.8) is 0 Å². The van der Waals surface area contributed by atoms with Crippen LogP contribution in [0, 0.1) is 5.41 Å². The number of nitrogens with one attached hydrogen (secondary N) is 1. The van der Waals surface area contributed by atoms with Crippen LogP contribution in [0.15, 0.2) is 18.3 Å². The summed E-state index contributed by atoms with van der Waals surface area (Å²) in [5, 5.41) is 3.20. The van der Waals surface area contributed by atoms with Crippen molar-refractivity contribution in [3.8, 4) is 0 Å². The lowest BCUT2D eigenvalue weighted by Crippen LogP contribution is -2.35. The van der Waals surface area contributed by atoms with E-state index in [0.717, 1.165) is 13.0 Å². The van der Waals surface area contributed by atoms with Crippen LogP contribution in [0.2, 0.25) is 0 Å². The van der Waals surface area contributed by atoms with Gasteiger partial charge in [-0.25, -0.2) is 4.98 Å². The fourth-order valence-corrected chi connectivity index (χ4v) is 1.95. The fraction of sp³-hybridized carbons (Fsp3) is 0.600. The molecule has 0 saturated heterocycles. The lowest BCUT2D eigenvalue weighted by Gasteiger charge is -2.27. The number of rotatable bonds is 5. The Labute approximate surface area is 116 Å². The molecule has 0 radical (unpaired) electrons. The molecule has 1 aromatic rings. The van der Waals surface area contributed by atoms with Gasteiger partial charge in [0.2, 0.25) is 0 Å². The third-order valence-corrected chi connectivity index (χ3v) is 2.64. The van der Waals surface area contributed by atoms with E-state index in [1.165, 1.54) is 0 Å². The van der Waals surface area contributed by atoms with Crippen LogP contribution in [0.4, 0.5) is 5.82 Å². The summed E-state index contributed by atoms with van der Waals surface area (Å²) in [5.41, 5.74) is 0.728. The molecular formula is C15H25N3O. The van der Waals surface area contributed by atoms with Crippen LogP contribution < -0.4 is 5.32 Å². The van der Waals surface area contributed by atoms with Gasteiger partial charge >= 0.3 is 0 Å². The topological polar surface area (TPSA) is 45.2 Å². The van der Waals surface area contributed by atoms with Crippen LogP contribution in [0.25, 0.3) is 0 Å². The van der Waals surface area contributed by atoms with Crippen molar-refractivity contribution in [3.05, 3.63) is 23.9 Å². The zero-order valence-electron chi connectivity index (χ0n) is 12.7. The van der Waals surface area contributed by atoms with Crippen LogP contribution in [-0.4, -0.2) is 35.9 Å². The van der Waals surface area contributed by atoms with E-state index in [4.69, 9.17) is 0 Å². The third kappa shape index (κ3) is 4.89. The Balaban J connectivity index is 2.86. The maximum absolute atomic E-state index is 12.5. The van der Waals surface area contributed by atoms with E-state index in [1.807, 2.05) is 13.1 Å². The SMILES string of the molecule is CCCNc1ncccc1C(=O)N(C)CC(C)(C)C. The van der Waals surface area contributed by atoms with Gasteiger partial charge in [0.15, 0.2) is 0 Å². The molecule has 1 amide bonds. The third-order valence-electron chi connectivity index (χ3n) is 2.64. The first-order valence-corrected chi connectivity index (χ1v) is 6.79. The number of carbonyl (C=O) groups is 1. The molecule has 0 atom stereocenters. The molecule has 0 aliphatic rings. The fourth-order valence-electron chi connectivity index (χ4n) is 1.95. The Morgan fingerprint density at radius 2 is 2.11 bits per heavy atom. The number of nitrogens with zero attached hydrogens (tertiary/aromatic N) is 2. The number of amides is 1. The highest BCUT2D eigenvalue weighted by Gasteiger charge is 2.21. The highest BCUT2D eigenvalue weighted by atomic mass is 16.2. The molecule has 0 spiro atoms. The first-order valence-electron chi connectivity index (χ1n) is 6.79. The van der Waals surface area contributed by atoms with Crippen LogP contribution in [0.3, 0.4) is 0 Å². The quantitative estimate of drug-likeness (QED) is 0.888. The number of hydrogen-bond acceptors (Lipinski definition) is 3. The van der Waals surface area contributed by atoms with Crippen LogP contribution in [0.5, 0.6) is 0 Å². The molecule has 1 N–H and O–H groups in total. The van der Waals surface area contributed by atoms with Gasteiger partial charge in [0.1, 0.15) is 5.82 Å². The zero-order chi connectivity index (χ0) is 14.5. The molecule has 0 bridgehead atoms. The molecule has 106 valence electrons. The Morgan fingerprint density at radius 1 is 1.42 bits per heavy atom. The van der Waals surface area contributed by atoms with Gasteiger partial charge in [-0.3, -0.25) is 4.79 Å². The van der Waals surface area contributed by atoms with E-state index in [-0.39, 0.29) is 11.3 Å². The normalized spacial score (nSPS) is 11.2. The van der Waals surface area contributed by atoms with E-state index in [9.17, 15) is 4.79 Å². The summed E-state index contributed by atoms with van der Waals surface area (Å²) in [6, 6.07) is 3.63. The Morgan fingerprint density at radius 3 is 2.68 bits per heavy atom. The number of hydrogen-bond donors (Lipinski definition) is 1. The molecule has 4 nitrogen and oxygen atoms in total. The number of aromatic nitrogens is 1. The van der Waals surface area contributed by atoms with Gasteiger partial charge in [0, 0.05) is 26.3 Å². The average molecular weight is 263 g/mol. The first-order chi connectivity index (χ1) is 8.85. The van der Waals surface area contributed by atoms with Crippen LogP contribution in [-0.2, 0) is 0 Å². The molecule has 1 heterocycles. The largest absolute Gasteiger partial charge is 0.369 e. The molecule has 0 aliphatic carbocycles. The van der Waals surface area contributed by atoms with Crippen LogP contribution in [0.1, 0.15) is 44.5 Å². The van der Waals surface area contributed by atoms with Crippen molar-refractivity contribution in [2.24, 2.45) is 5.41 Å². The van der Waals surface area contributed by atoms with E-state index >= 15 is 0 Å². The Kier molecular flexibility index (Phi) is 5.33. The molecule has 0 aliphatic heterocycles. The summed E-state index contributed by atoms with van der Waals surface area (Å²) in [7, 11) is 1.84. The van der Waals surface area contributed by atoms with Gasteiger partial charge in [-0.2, -0.15) is 0 Å². The zero-order valence-corrected chi connectivity index (χ0v) is 12.7. The summed E-state index contributed by atoms with van der Waals surface area (Å²) in [6.07, 6.45) is 2.71. The summed E-state index contributed by atoms with van der Waals surface area (Å²) in [5.74, 6) is 0.691. The smallest absolute Gasteiger partial charge is 0.257 e. The summed E-state index contributed by atoms with van der Waals surface area (Å²) >= 11 is 0. The van der Waals surface area contributed by atoms with Gasteiger partial charge in [0.25, 0.3) is 5.91 Å². The Hall–Kier alpha value is -1.58. The molecular weight excluding hydrogens is 238 g/mol. The molecule has 0 saturated carbocycles. The van der Waals surface area contributed by atoms with E-state index < -0.39 is 0 Å². The maximum atomic E-state index is 12.5. The molecule has 0 fully saturated rings. The van der Waals surface area contributed by atoms with E-state index in [1.54, 1.807) is 17.2 Å². The van der Waals surface area contributed by atoms with Gasteiger partial charge in [0.05, 0.1) is 5.56 Å². The second-order valence-corrected chi connectivity index (χ2v) is 6.05. The molecule has 4 heteroatoms. The van der Waals surface area contributed by atoms with E-state index in [0.29, 0.717) is 17.9 Å². The summed E-state index contributed by atoms with van der Waals surface area (Å²) in [6.45, 7) is 9.99. The van der Waals surface area contributed by atoms with Crippen molar-refractivity contribution < 1.29 is 4.79 Å².